The smallest absolute Gasteiger partial charge is 0.258 e. The molecule has 0 saturated heterocycles. The summed E-state index contributed by atoms with van der Waals surface area (Å²) in [5.74, 6) is 0.0724. The third-order valence-corrected chi connectivity index (χ3v) is 3.30. The Kier molecular flexibility index (Phi) is 3.53. The van der Waals surface area contributed by atoms with E-state index >= 15 is 0 Å². The monoisotopic (exact) mass is 323 g/mol. The van der Waals surface area contributed by atoms with Gasteiger partial charge in [-0.05, 0) is 36.4 Å². The molecule has 0 spiro atoms. The van der Waals surface area contributed by atoms with Crippen LogP contribution in [-0.4, -0.2) is 10.1 Å². The Balaban J connectivity index is 2.03. The molecule has 0 saturated carbocycles. The third-order valence-electron chi connectivity index (χ3n) is 2.77. The van der Waals surface area contributed by atoms with Gasteiger partial charge >= 0.3 is 0 Å². The third kappa shape index (κ3) is 2.84. The zero-order valence-electron chi connectivity index (χ0n) is 10.5. The Morgan fingerprint density at radius 1 is 1.10 bits per heavy atom. The minimum Gasteiger partial charge on any atom is -0.399 e. The van der Waals surface area contributed by atoms with Gasteiger partial charge in [-0.1, -0.05) is 28.4 Å². The largest absolute Gasteiger partial charge is 0.399 e. The number of aromatic nitrogens is 2. The normalized spacial score (nSPS) is 10.8. The van der Waals surface area contributed by atoms with Crippen LogP contribution in [0.3, 0.4) is 0 Å². The molecule has 106 valence electrons. The molecule has 0 bridgehead atoms. The van der Waals surface area contributed by atoms with Crippen LogP contribution in [0.1, 0.15) is 0 Å². The zero-order valence-corrected chi connectivity index (χ0v) is 12.0. The van der Waals surface area contributed by atoms with Gasteiger partial charge in [-0.2, -0.15) is 4.98 Å². The van der Waals surface area contributed by atoms with E-state index in [2.05, 4.69) is 10.1 Å². The van der Waals surface area contributed by atoms with Crippen molar-refractivity contribution in [2.24, 2.45) is 0 Å². The lowest BCUT2D eigenvalue weighted by molar-refractivity contribution is 0.432. The highest BCUT2D eigenvalue weighted by Crippen LogP contribution is 2.30. The summed E-state index contributed by atoms with van der Waals surface area (Å²) >= 11 is 11.9. The van der Waals surface area contributed by atoms with Gasteiger partial charge in [0.15, 0.2) is 0 Å². The maximum absolute atomic E-state index is 13.0. The molecule has 3 rings (SSSR count). The van der Waals surface area contributed by atoms with E-state index in [4.69, 9.17) is 33.5 Å². The lowest BCUT2D eigenvalue weighted by atomic mass is 10.2. The number of nitrogens with two attached hydrogens (primary N) is 1. The molecule has 0 aliphatic carbocycles. The highest BCUT2D eigenvalue weighted by molar-refractivity contribution is 6.33. The van der Waals surface area contributed by atoms with E-state index in [0.29, 0.717) is 21.8 Å². The molecule has 0 aliphatic rings. The predicted molar refractivity (Wildman–Crippen MR) is 79.6 cm³/mol. The van der Waals surface area contributed by atoms with E-state index in [9.17, 15) is 4.39 Å². The van der Waals surface area contributed by atoms with Crippen molar-refractivity contribution in [3.63, 3.8) is 0 Å². The van der Waals surface area contributed by atoms with E-state index in [1.165, 1.54) is 18.2 Å². The molecule has 4 nitrogen and oxygen atoms in total. The number of halogens is 3. The molecule has 21 heavy (non-hydrogen) atoms. The van der Waals surface area contributed by atoms with Crippen LogP contribution in [0.5, 0.6) is 0 Å². The van der Waals surface area contributed by atoms with Crippen molar-refractivity contribution < 1.29 is 8.91 Å². The second-order valence-corrected chi connectivity index (χ2v) is 5.16. The summed E-state index contributed by atoms with van der Waals surface area (Å²) in [7, 11) is 0. The van der Waals surface area contributed by atoms with Gasteiger partial charge < -0.3 is 10.3 Å². The highest BCUT2D eigenvalue weighted by Gasteiger charge is 2.14. The van der Waals surface area contributed by atoms with Gasteiger partial charge in [0, 0.05) is 21.8 Å². The molecular weight excluding hydrogens is 316 g/mol. The van der Waals surface area contributed by atoms with Crippen LogP contribution in [0.4, 0.5) is 10.1 Å². The number of hydrogen-bond donors (Lipinski definition) is 1. The standard InChI is InChI=1S/C14H8Cl2FN3O/c15-8-3-7(4-10(18)5-8)14-19-13(20-21-14)11-2-1-9(17)6-12(11)16/h1-6H,18H2. The van der Waals surface area contributed by atoms with Crippen molar-refractivity contribution in [3.05, 3.63) is 52.3 Å². The summed E-state index contributed by atoms with van der Waals surface area (Å²) in [5, 5.41) is 4.50. The number of nitrogens with zero attached hydrogens (tertiary/aromatic N) is 2. The maximum atomic E-state index is 13.0. The van der Waals surface area contributed by atoms with Gasteiger partial charge in [0.05, 0.1) is 5.02 Å². The second kappa shape index (κ2) is 5.35. The molecule has 2 aromatic carbocycles. The molecule has 0 amide bonds. The van der Waals surface area contributed by atoms with Gasteiger partial charge in [-0.25, -0.2) is 4.39 Å². The van der Waals surface area contributed by atoms with Crippen molar-refractivity contribution >= 4 is 28.9 Å². The molecule has 2 N–H and O–H groups in total. The minimum absolute atomic E-state index is 0.202. The molecule has 0 fully saturated rings. The van der Waals surface area contributed by atoms with E-state index < -0.39 is 5.82 Å². The molecule has 0 radical (unpaired) electrons. The van der Waals surface area contributed by atoms with Crippen molar-refractivity contribution in [1.29, 1.82) is 0 Å². The van der Waals surface area contributed by atoms with E-state index in [1.807, 2.05) is 0 Å². The summed E-state index contributed by atoms with van der Waals surface area (Å²) < 4.78 is 18.2. The van der Waals surface area contributed by atoms with Crippen LogP contribution in [0, 0.1) is 5.82 Å². The summed E-state index contributed by atoms with van der Waals surface area (Å²) in [4.78, 5) is 4.22. The Bertz CT molecular complexity index is 799. The first-order valence-corrected chi connectivity index (χ1v) is 6.64. The van der Waals surface area contributed by atoms with Crippen LogP contribution in [0.25, 0.3) is 22.8 Å². The summed E-state index contributed by atoms with van der Waals surface area (Å²) in [6.07, 6.45) is 0. The quantitative estimate of drug-likeness (QED) is 0.708. The molecule has 1 heterocycles. The van der Waals surface area contributed by atoms with E-state index in [-0.39, 0.29) is 16.7 Å². The van der Waals surface area contributed by atoms with Gasteiger partial charge in [0.2, 0.25) is 5.82 Å². The highest BCUT2D eigenvalue weighted by atomic mass is 35.5. The van der Waals surface area contributed by atoms with Crippen molar-refractivity contribution in [2.45, 2.75) is 0 Å². The first-order chi connectivity index (χ1) is 10.0. The fourth-order valence-electron chi connectivity index (χ4n) is 1.86. The first-order valence-electron chi connectivity index (χ1n) is 5.88. The average Bonchev–Trinajstić information content (AvgIpc) is 2.87. The number of rotatable bonds is 2. The lowest BCUT2D eigenvalue weighted by Crippen LogP contribution is -1.87. The van der Waals surface area contributed by atoms with E-state index in [1.54, 1.807) is 18.2 Å². The molecule has 3 aromatic rings. The molecule has 0 aliphatic heterocycles. The Morgan fingerprint density at radius 3 is 2.62 bits per heavy atom. The number of benzene rings is 2. The van der Waals surface area contributed by atoms with Crippen LogP contribution in [0.2, 0.25) is 10.0 Å². The lowest BCUT2D eigenvalue weighted by Gasteiger charge is -1.99. The van der Waals surface area contributed by atoms with Crippen LogP contribution >= 0.6 is 23.2 Å². The molecule has 0 unspecified atom stereocenters. The number of anilines is 1. The van der Waals surface area contributed by atoms with Crippen LogP contribution < -0.4 is 5.73 Å². The van der Waals surface area contributed by atoms with Crippen molar-refractivity contribution in [2.75, 3.05) is 5.73 Å². The predicted octanol–water partition coefficient (Wildman–Crippen LogP) is 4.43. The fourth-order valence-corrected chi connectivity index (χ4v) is 2.35. The van der Waals surface area contributed by atoms with Crippen molar-refractivity contribution in [3.8, 4) is 22.8 Å². The van der Waals surface area contributed by atoms with Crippen LogP contribution in [0.15, 0.2) is 40.9 Å². The summed E-state index contributed by atoms with van der Waals surface area (Å²) in [6, 6.07) is 8.87. The summed E-state index contributed by atoms with van der Waals surface area (Å²) in [5.41, 5.74) is 7.27. The zero-order chi connectivity index (χ0) is 15.0. The molecule has 7 heteroatoms. The molecule has 1 aromatic heterocycles. The average molecular weight is 324 g/mol. The van der Waals surface area contributed by atoms with Crippen LogP contribution in [-0.2, 0) is 0 Å². The Hall–Kier alpha value is -2.11. The summed E-state index contributed by atoms with van der Waals surface area (Å²) in [6.45, 7) is 0. The second-order valence-electron chi connectivity index (χ2n) is 4.32. The Labute approximate surface area is 129 Å². The van der Waals surface area contributed by atoms with Gasteiger partial charge in [-0.15, -0.1) is 0 Å². The molecular formula is C14H8Cl2FN3O. The van der Waals surface area contributed by atoms with Gasteiger partial charge in [0.1, 0.15) is 5.82 Å². The minimum atomic E-state index is -0.435. The Morgan fingerprint density at radius 2 is 1.90 bits per heavy atom. The molecule has 0 atom stereocenters. The SMILES string of the molecule is Nc1cc(Cl)cc(-c2nc(-c3ccc(F)cc3Cl)no2)c1. The van der Waals surface area contributed by atoms with E-state index in [0.717, 1.165) is 0 Å². The van der Waals surface area contributed by atoms with Crippen molar-refractivity contribution in [1.82, 2.24) is 10.1 Å². The maximum Gasteiger partial charge on any atom is 0.258 e. The topological polar surface area (TPSA) is 64.9 Å². The number of nitrogen functional groups attached to an aromatic ring is 1. The number of hydrogen-bond acceptors (Lipinski definition) is 4. The van der Waals surface area contributed by atoms with Gasteiger partial charge in [-0.3, -0.25) is 0 Å². The van der Waals surface area contributed by atoms with Gasteiger partial charge in [0.25, 0.3) is 5.89 Å². The fraction of sp³-hybridized carbons (Fsp3) is 0. The first kappa shape index (κ1) is 13.9.